The summed E-state index contributed by atoms with van der Waals surface area (Å²) >= 11 is 0. The van der Waals surface area contributed by atoms with E-state index in [1.807, 2.05) is 18.2 Å². The largest absolute Gasteiger partial charge is 0.363 e. The van der Waals surface area contributed by atoms with Gasteiger partial charge in [-0.2, -0.15) is 0 Å². The SMILES string of the molecule is CC(C)n1c(CCNC(=O)C2CO2)nc2ccccc21. The maximum Gasteiger partial charge on any atom is 0.251 e. The first-order valence-corrected chi connectivity index (χ1v) is 7.02. The highest BCUT2D eigenvalue weighted by molar-refractivity contribution is 5.82. The number of carbonyl (C=O) groups excluding carboxylic acids is 1. The number of amides is 1. The van der Waals surface area contributed by atoms with Crippen LogP contribution in [0.1, 0.15) is 25.7 Å². The normalized spacial score (nSPS) is 17.6. The minimum absolute atomic E-state index is 0.0165. The second-order valence-electron chi connectivity index (χ2n) is 5.34. The van der Waals surface area contributed by atoms with E-state index in [4.69, 9.17) is 4.74 Å². The standard InChI is InChI=1S/C15H19N3O2/c1-10(2)18-12-6-4-3-5-11(12)17-14(18)7-8-16-15(19)13-9-20-13/h3-6,10,13H,7-9H2,1-2H3,(H,16,19). The number of epoxide rings is 1. The number of fused-ring (bicyclic) bond motifs is 1. The molecule has 0 aliphatic carbocycles. The lowest BCUT2D eigenvalue weighted by atomic mass is 10.3. The van der Waals surface area contributed by atoms with Crippen molar-refractivity contribution in [2.24, 2.45) is 0 Å². The van der Waals surface area contributed by atoms with Crippen LogP contribution in [-0.2, 0) is 16.0 Å². The summed E-state index contributed by atoms with van der Waals surface area (Å²) in [6.45, 7) is 5.44. The molecule has 1 unspecified atom stereocenters. The van der Waals surface area contributed by atoms with Crippen LogP contribution in [0, 0.1) is 0 Å². The monoisotopic (exact) mass is 273 g/mol. The van der Waals surface area contributed by atoms with Crippen molar-refractivity contribution in [3.8, 4) is 0 Å². The Morgan fingerprint density at radius 2 is 2.25 bits per heavy atom. The van der Waals surface area contributed by atoms with Crippen LogP contribution >= 0.6 is 0 Å². The van der Waals surface area contributed by atoms with Gasteiger partial charge in [0.05, 0.1) is 17.6 Å². The molecule has 5 nitrogen and oxygen atoms in total. The van der Waals surface area contributed by atoms with Gasteiger partial charge in [-0.05, 0) is 26.0 Å². The van der Waals surface area contributed by atoms with Crippen LogP contribution in [-0.4, -0.2) is 34.7 Å². The Hall–Kier alpha value is -1.88. The van der Waals surface area contributed by atoms with E-state index in [0.717, 1.165) is 23.3 Å². The third-order valence-corrected chi connectivity index (χ3v) is 3.46. The van der Waals surface area contributed by atoms with Gasteiger partial charge in [0.2, 0.25) is 0 Å². The van der Waals surface area contributed by atoms with E-state index < -0.39 is 0 Å². The van der Waals surface area contributed by atoms with Crippen molar-refractivity contribution in [3.63, 3.8) is 0 Å². The summed E-state index contributed by atoms with van der Waals surface area (Å²) < 4.78 is 7.18. The quantitative estimate of drug-likeness (QED) is 0.843. The molecular formula is C15H19N3O2. The first-order chi connectivity index (χ1) is 9.66. The molecule has 106 valence electrons. The Morgan fingerprint density at radius 1 is 1.50 bits per heavy atom. The molecule has 1 fully saturated rings. The minimum atomic E-state index is -0.223. The van der Waals surface area contributed by atoms with Crippen molar-refractivity contribution in [2.75, 3.05) is 13.2 Å². The summed E-state index contributed by atoms with van der Waals surface area (Å²) in [7, 11) is 0. The van der Waals surface area contributed by atoms with Gasteiger partial charge < -0.3 is 14.6 Å². The number of carbonyl (C=O) groups is 1. The summed E-state index contributed by atoms with van der Waals surface area (Å²) in [5, 5.41) is 2.89. The number of imidazole rings is 1. The maximum atomic E-state index is 11.5. The molecule has 1 N–H and O–H groups in total. The first kappa shape index (κ1) is 13.1. The fraction of sp³-hybridized carbons (Fsp3) is 0.467. The highest BCUT2D eigenvalue weighted by Gasteiger charge is 2.30. The lowest BCUT2D eigenvalue weighted by molar-refractivity contribution is -0.122. The Kier molecular flexibility index (Phi) is 3.44. The predicted molar refractivity (Wildman–Crippen MR) is 76.6 cm³/mol. The number of ether oxygens (including phenoxy) is 1. The number of nitrogens with one attached hydrogen (secondary N) is 1. The van der Waals surface area contributed by atoms with Crippen LogP contribution in [0.3, 0.4) is 0 Å². The van der Waals surface area contributed by atoms with Crippen LogP contribution < -0.4 is 5.32 Å². The number of rotatable bonds is 5. The number of para-hydroxylation sites is 2. The van der Waals surface area contributed by atoms with Gasteiger partial charge in [0, 0.05) is 19.0 Å². The lowest BCUT2D eigenvalue weighted by Gasteiger charge is -2.13. The van der Waals surface area contributed by atoms with E-state index in [1.165, 1.54) is 0 Å². The van der Waals surface area contributed by atoms with Crippen LogP contribution in [0.15, 0.2) is 24.3 Å². The van der Waals surface area contributed by atoms with Crippen molar-refractivity contribution < 1.29 is 9.53 Å². The van der Waals surface area contributed by atoms with Gasteiger partial charge in [-0.15, -0.1) is 0 Å². The van der Waals surface area contributed by atoms with E-state index in [2.05, 4.69) is 34.8 Å². The van der Waals surface area contributed by atoms with Crippen molar-refractivity contribution in [3.05, 3.63) is 30.1 Å². The zero-order valence-corrected chi connectivity index (χ0v) is 11.8. The Bertz CT molecular complexity index is 629. The number of benzene rings is 1. The number of hydrogen-bond donors (Lipinski definition) is 1. The third-order valence-electron chi connectivity index (χ3n) is 3.46. The van der Waals surface area contributed by atoms with Gasteiger partial charge in [-0.1, -0.05) is 12.1 Å². The average Bonchev–Trinajstić information content (AvgIpc) is 3.19. The van der Waals surface area contributed by atoms with E-state index in [-0.39, 0.29) is 12.0 Å². The highest BCUT2D eigenvalue weighted by atomic mass is 16.6. The molecule has 1 aliphatic heterocycles. The lowest BCUT2D eigenvalue weighted by Crippen LogP contribution is -2.30. The Balaban J connectivity index is 1.76. The smallest absolute Gasteiger partial charge is 0.251 e. The molecule has 0 saturated carbocycles. The van der Waals surface area contributed by atoms with Crippen molar-refractivity contribution in [1.29, 1.82) is 0 Å². The van der Waals surface area contributed by atoms with E-state index in [0.29, 0.717) is 19.2 Å². The summed E-state index contributed by atoms with van der Waals surface area (Å²) in [5.74, 6) is 0.996. The molecule has 1 atom stereocenters. The van der Waals surface area contributed by atoms with Gasteiger partial charge in [0.15, 0.2) is 6.10 Å². The molecule has 0 bridgehead atoms. The molecule has 1 amide bonds. The van der Waals surface area contributed by atoms with Crippen LogP contribution in [0.4, 0.5) is 0 Å². The fourth-order valence-electron chi connectivity index (χ4n) is 2.46. The summed E-state index contributed by atoms with van der Waals surface area (Å²) in [5.41, 5.74) is 2.16. The Morgan fingerprint density at radius 3 is 2.95 bits per heavy atom. The number of hydrogen-bond acceptors (Lipinski definition) is 3. The Labute approximate surface area is 117 Å². The van der Waals surface area contributed by atoms with Gasteiger partial charge in [-0.3, -0.25) is 4.79 Å². The summed E-state index contributed by atoms with van der Waals surface area (Å²) in [6, 6.07) is 8.48. The first-order valence-electron chi connectivity index (χ1n) is 7.02. The van der Waals surface area contributed by atoms with E-state index in [1.54, 1.807) is 0 Å². The summed E-state index contributed by atoms with van der Waals surface area (Å²) in [4.78, 5) is 16.2. The predicted octanol–water partition coefficient (Wildman–Crippen LogP) is 1.67. The van der Waals surface area contributed by atoms with E-state index >= 15 is 0 Å². The third kappa shape index (κ3) is 2.54. The zero-order chi connectivity index (χ0) is 14.1. The van der Waals surface area contributed by atoms with Gasteiger partial charge in [-0.25, -0.2) is 4.98 Å². The molecule has 0 radical (unpaired) electrons. The zero-order valence-electron chi connectivity index (χ0n) is 11.8. The topological polar surface area (TPSA) is 59.5 Å². The molecule has 1 aliphatic rings. The number of nitrogens with zero attached hydrogens (tertiary/aromatic N) is 2. The molecule has 5 heteroatoms. The molecule has 3 rings (SSSR count). The second kappa shape index (κ2) is 5.25. The molecule has 2 aromatic rings. The summed E-state index contributed by atoms with van der Waals surface area (Å²) in [6.07, 6.45) is 0.504. The molecular weight excluding hydrogens is 254 g/mol. The van der Waals surface area contributed by atoms with Gasteiger partial charge >= 0.3 is 0 Å². The fourth-order valence-corrected chi connectivity index (χ4v) is 2.46. The molecule has 1 aromatic carbocycles. The molecule has 1 aromatic heterocycles. The van der Waals surface area contributed by atoms with E-state index in [9.17, 15) is 4.79 Å². The van der Waals surface area contributed by atoms with Crippen molar-refractivity contribution in [1.82, 2.24) is 14.9 Å². The van der Waals surface area contributed by atoms with Gasteiger partial charge in [0.25, 0.3) is 5.91 Å². The van der Waals surface area contributed by atoms with Crippen molar-refractivity contribution >= 4 is 16.9 Å². The van der Waals surface area contributed by atoms with Crippen LogP contribution in [0.5, 0.6) is 0 Å². The minimum Gasteiger partial charge on any atom is -0.363 e. The van der Waals surface area contributed by atoms with Gasteiger partial charge in [0.1, 0.15) is 5.82 Å². The van der Waals surface area contributed by atoms with Crippen molar-refractivity contribution in [2.45, 2.75) is 32.4 Å². The average molecular weight is 273 g/mol. The second-order valence-corrected chi connectivity index (χ2v) is 5.34. The molecule has 0 spiro atoms. The molecule has 2 heterocycles. The molecule has 1 saturated heterocycles. The molecule has 20 heavy (non-hydrogen) atoms. The maximum absolute atomic E-state index is 11.5. The number of aromatic nitrogens is 2. The highest BCUT2D eigenvalue weighted by Crippen LogP contribution is 2.21. The van der Waals surface area contributed by atoms with Crippen LogP contribution in [0.25, 0.3) is 11.0 Å². The van der Waals surface area contributed by atoms with Crippen LogP contribution in [0.2, 0.25) is 0 Å².